The molecule has 1 amide bonds. The first-order chi connectivity index (χ1) is 13.7. The standard InChI is InChI=1S/C23H30N2O3/c1-27-21-10-12-22(13-11-21)28-18-23(26)24-15-14-19-6-8-20(9-7-19)25-16-4-2-3-5-17-25/h6-13H,2-5,14-18H2,1H3,(H,24,26). The Bertz CT molecular complexity index is 721. The smallest absolute Gasteiger partial charge is 0.257 e. The second-order valence-corrected chi connectivity index (χ2v) is 7.13. The maximum absolute atomic E-state index is 12.0. The van der Waals surface area contributed by atoms with Crippen molar-refractivity contribution in [3.05, 3.63) is 54.1 Å². The maximum Gasteiger partial charge on any atom is 0.257 e. The summed E-state index contributed by atoms with van der Waals surface area (Å²) in [5, 5.41) is 2.91. The summed E-state index contributed by atoms with van der Waals surface area (Å²) in [4.78, 5) is 14.4. The number of hydrogen-bond donors (Lipinski definition) is 1. The molecule has 0 atom stereocenters. The van der Waals surface area contributed by atoms with E-state index in [2.05, 4.69) is 34.5 Å². The van der Waals surface area contributed by atoms with Crippen molar-refractivity contribution in [2.24, 2.45) is 0 Å². The molecule has 28 heavy (non-hydrogen) atoms. The summed E-state index contributed by atoms with van der Waals surface area (Å²) in [5.41, 5.74) is 2.54. The van der Waals surface area contributed by atoms with Gasteiger partial charge in [0.1, 0.15) is 11.5 Å². The van der Waals surface area contributed by atoms with Gasteiger partial charge in [-0.2, -0.15) is 0 Å². The number of anilines is 1. The highest BCUT2D eigenvalue weighted by atomic mass is 16.5. The van der Waals surface area contributed by atoms with Crippen molar-refractivity contribution in [3.8, 4) is 11.5 Å². The molecule has 1 fully saturated rings. The quantitative estimate of drug-likeness (QED) is 0.754. The summed E-state index contributed by atoms with van der Waals surface area (Å²) in [6, 6.07) is 15.9. The molecular formula is C23H30N2O3. The van der Waals surface area contributed by atoms with Crippen LogP contribution in [0.4, 0.5) is 5.69 Å². The highest BCUT2D eigenvalue weighted by Crippen LogP contribution is 2.20. The highest BCUT2D eigenvalue weighted by Gasteiger charge is 2.09. The molecule has 1 aliphatic rings. The lowest BCUT2D eigenvalue weighted by Crippen LogP contribution is -2.30. The number of nitrogens with one attached hydrogen (secondary N) is 1. The fourth-order valence-corrected chi connectivity index (χ4v) is 3.42. The Morgan fingerprint density at radius 2 is 1.57 bits per heavy atom. The van der Waals surface area contributed by atoms with Gasteiger partial charge < -0.3 is 19.7 Å². The number of benzene rings is 2. The molecule has 150 valence electrons. The summed E-state index contributed by atoms with van der Waals surface area (Å²) in [6.07, 6.45) is 6.07. The number of methoxy groups -OCH3 is 1. The second kappa shape index (κ2) is 10.6. The van der Waals surface area contributed by atoms with E-state index in [1.54, 1.807) is 19.2 Å². The van der Waals surface area contributed by atoms with Crippen LogP contribution in [-0.2, 0) is 11.2 Å². The monoisotopic (exact) mass is 382 g/mol. The minimum Gasteiger partial charge on any atom is -0.497 e. The predicted molar refractivity (Wildman–Crippen MR) is 112 cm³/mol. The fourth-order valence-electron chi connectivity index (χ4n) is 3.42. The Morgan fingerprint density at radius 1 is 0.929 bits per heavy atom. The SMILES string of the molecule is COc1ccc(OCC(=O)NCCc2ccc(N3CCCCCC3)cc2)cc1. The summed E-state index contributed by atoms with van der Waals surface area (Å²) in [5.74, 6) is 1.30. The summed E-state index contributed by atoms with van der Waals surface area (Å²) in [7, 11) is 1.62. The lowest BCUT2D eigenvalue weighted by Gasteiger charge is -2.22. The molecule has 1 aliphatic heterocycles. The molecule has 1 N–H and O–H groups in total. The third kappa shape index (κ3) is 6.19. The van der Waals surface area contributed by atoms with Gasteiger partial charge in [0.2, 0.25) is 0 Å². The average molecular weight is 383 g/mol. The number of hydrogen-bond acceptors (Lipinski definition) is 4. The van der Waals surface area contributed by atoms with Crippen LogP contribution in [0, 0.1) is 0 Å². The van der Waals surface area contributed by atoms with Crippen molar-refractivity contribution < 1.29 is 14.3 Å². The second-order valence-electron chi connectivity index (χ2n) is 7.13. The number of amides is 1. The van der Waals surface area contributed by atoms with Crippen LogP contribution < -0.4 is 19.7 Å². The van der Waals surface area contributed by atoms with Crippen molar-refractivity contribution in [1.29, 1.82) is 0 Å². The van der Waals surface area contributed by atoms with Gasteiger partial charge in [0.15, 0.2) is 6.61 Å². The van der Waals surface area contributed by atoms with E-state index >= 15 is 0 Å². The van der Waals surface area contributed by atoms with Gasteiger partial charge in [0.25, 0.3) is 5.91 Å². The molecule has 2 aromatic carbocycles. The molecule has 0 aliphatic carbocycles. The first-order valence-corrected chi connectivity index (χ1v) is 10.1. The first kappa shape index (κ1) is 20.1. The van der Waals surface area contributed by atoms with Gasteiger partial charge in [-0.1, -0.05) is 25.0 Å². The first-order valence-electron chi connectivity index (χ1n) is 10.1. The Labute approximate surface area is 167 Å². The highest BCUT2D eigenvalue weighted by molar-refractivity contribution is 5.77. The maximum atomic E-state index is 12.0. The molecule has 0 aromatic heterocycles. The summed E-state index contributed by atoms with van der Waals surface area (Å²) >= 11 is 0. The van der Waals surface area contributed by atoms with Gasteiger partial charge in [0.05, 0.1) is 7.11 Å². The fraction of sp³-hybridized carbons (Fsp3) is 0.435. The van der Waals surface area contributed by atoms with Crippen molar-refractivity contribution in [2.45, 2.75) is 32.1 Å². The van der Waals surface area contributed by atoms with Gasteiger partial charge in [-0.15, -0.1) is 0 Å². The molecule has 5 heteroatoms. The lowest BCUT2D eigenvalue weighted by atomic mass is 10.1. The molecule has 2 aromatic rings. The van der Waals surface area contributed by atoms with E-state index in [9.17, 15) is 4.79 Å². The zero-order valence-corrected chi connectivity index (χ0v) is 16.7. The Morgan fingerprint density at radius 3 is 2.21 bits per heavy atom. The normalized spacial score (nSPS) is 14.2. The molecule has 3 rings (SSSR count). The van der Waals surface area contributed by atoms with Gasteiger partial charge in [-0.25, -0.2) is 0 Å². The van der Waals surface area contributed by atoms with Crippen molar-refractivity contribution in [3.63, 3.8) is 0 Å². The van der Waals surface area contributed by atoms with Crippen LogP contribution in [0.25, 0.3) is 0 Å². The van der Waals surface area contributed by atoms with Crippen molar-refractivity contribution in [1.82, 2.24) is 5.32 Å². The topological polar surface area (TPSA) is 50.8 Å². The average Bonchev–Trinajstić information content (AvgIpc) is 3.03. The van der Waals surface area contributed by atoms with Crippen LogP contribution in [0.1, 0.15) is 31.2 Å². The third-order valence-electron chi connectivity index (χ3n) is 5.07. The van der Waals surface area contributed by atoms with Crippen LogP contribution in [0.3, 0.4) is 0 Å². The number of carbonyl (C=O) groups is 1. The number of nitrogens with zero attached hydrogens (tertiary/aromatic N) is 1. The van der Waals surface area contributed by atoms with E-state index < -0.39 is 0 Å². The van der Waals surface area contributed by atoms with E-state index in [1.807, 2.05) is 12.1 Å². The molecule has 1 heterocycles. The molecule has 0 spiro atoms. The number of ether oxygens (including phenoxy) is 2. The summed E-state index contributed by atoms with van der Waals surface area (Å²) < 4.78 is 10.6. The van der Waals surface area contributed by atoms with E-state index in [4.69, 9.17) is 9.47 Å². The Kier molecular flexibility index (Phi) is 7.59. The molecule has 1 saturated heterocycles. The molecule has 0 unspecified atom stereocenters. The van der Waals surface area contributed by atoms with Gasteiger partial charge in [-0.3, -0.25) is 4.79 Å². The van der Waals surface area contributed by atoms with Gasteiger partial charge in [-0.05, 0) is 61.2 Å². The zero-order chi connectivity index (χ0) is 19.6. The van der Waals surface area contributed by atoms with E-state index in [-0.39, 0.29) is 12.5 Å². The van der Waals surface area contributed by atoms with Crippen LogP contribution in [-0.4, -0.2) is 39.3 Å². The molecule has 0 saturated carbocycles. The third-order valence-corrected chi connectivity index (χ3v) is 5.07. The summed E-state index contributed by atoms with van der Waals surface area (Å²) in [6.45, 7) is 2.93. The van der Waals surface area contributed by atoms with Crippen molar-refractivity contribution >= 4 is 11.6 Å². The number of rotatable bonds is 8. The Balaban J connectivity index is 1.37. The largest absolute Gasteiger partial charge is 0.497 e. The van der Waals surface area contributed by atoms with Crippen molar-refractivity contribution in [2.75, 3.05) is 38.3 Å². The minimum absolute atomic E-state index is 0.0141. The van der Waals surface area contributed by atoms with Crippen LogP contribution in [0.2, 0.25) is 0 Å². The van der Waals surface area contributed by atoms with Gasteiger partial charge >= 0.3 is 0 Å². The van der Waals surface area contributed by atoms with E-state index in [1.165, 1.54) is 36.9 Å². The predicted octanol–water partition coefficient (Wildman–Crippen LogP) is 3.81. The molecule has 0 radical (unpaired) electrons. The molecular weight excluding hydrogens is 352 g/mol. The van der Waals surface area contributed by atoms with E-state index in [0.29, 0.717) is 12.3 Å². The van der Waals surface area contributed by atoms with Crippen LogP contribution in [0.5, 0.6) is 11.5 Å². The van der Waals surface area contributed by atoms with Gasteiger partial charge in [0, 0.05) is 25.3 Å². The zero-order valence-electron chi connectivity index (χ0n) is 16.7. The van der Waals surface area contributed by atoms with E-state index in [0.717, 1.165) is 25.3 Å². The minimum atomic E-state index is -0.114. The lowest BCUT2D eigenvalue weighted by molar-refractivity contribution is -0.123. The number of carbonyl (C=O) groups excluding carboxylic acids is 1. The van der Waals surface area contributed by atoms with Crippen LogP contribution >= 0.6 is 0 Å². The van der Waals surface area contributed by atoms with Crippen LogP contribution in [0.15, 0.2) is 48.5 Å². The molecule has 5 nitrogen and oxygen atoms in total. The Hall–Kier alpha value is -2.69. The molecule has 0 bridgehead atoms.